The second-order valence-electron chi connectivity index (χ2n) is 7.39. The number of nitrogens with zero attached hydrogens (tertiary/aromatic N) is 5. The molecule has 0 amide bonds. The first-order valence-electron chi connectivity index (χ1n) is 7.34. The summed E-state index contributed by atoms with van der Waals surface area (Å²) in [5.41, 5.74) is 7.49. The topological polar surface area (TPSA) is 48.6 Å². The van der Waals surface area contributed by atoms with E-state index >= 15 is 0 Å². The summed E-state index contributed by atoms with van der Waals surface area (Å²) in [5.74, 6) is 0. The first-order valence-corrected chi connectivity index (χ1v) is 8.22. The molecule has 6 nitrogen and oxygen atoms in total. The summed E-state index contributed by atoms with van der Waals surface area (Å²) in [5, 5.41) is 2.85. The number of fused-ring (bicyclic) bond motifs is 4. The van der Waals surface area contributed by atoms with Crippen molar-refractivity contribution in [1.29, 1.82) is 0 Å². The van der Waals surface area contributed by atoms with Gasteiger partial charge in [0.2, 0.25) is 0 Å². The van der Waals surface area contributed by atoms with E-state index in [1.165, 1.54) is 45.2 Å². The van der Waals surface area contributed by atoms with E-state index in [1.807, 2.05) is 0 Å². The van der Waals surface area contributed by atoms with Gasteiger partial charge >= 0.3 is 0 Å². The molecule has 1 aromatic rings. The quantitative estimate of drug-likeness (QED) is 0.767. The molecule has 108 valence electrons. The molecule has 5 bridgehead atoms. The van der Waals surface area contributed by atoms with Gasteiger partial charge in [0.1, 0.15) is 25.6 Å². The highest BCUT2D eigenvalue weighted by Crippen LogP contribution is 2.43. The molecular formula is C13H21N6S+. The Morgan fingerprint density at radius 2 is 1.90 bits per heavy atom. The van der Waals surface area contributed by atoms with Gasteiger partial charge in [-0.3, -0.25) is 9.38 Å². The number of nitrogen functional groups attached to an aromatic ring is 1. The normalized spacial score (nSPS) is 48.7. The van der Waals surface area contributed by atoms with Crippen LogP contribution in [0, 0.1) is 5.41 Å². The number of anilines is 1. The van der Waals surface area contributed by atoms with Crippen molar-refractivity contribution in [1.82, 2.24) is 19.7 Å². The molecule has 4 saturated heterocycles. The summed E-state index contributed by atoms with van der Waals surface area (Å²) in [4.78, 5) is 12.5. The minimum atomic E-state index is 0.495. The number of quaternary nitrogens is 1. The van der Waals surface area contributed by atoms with Gasteiger partial charge in [-0.1, -0.05) is 0 Å². The summed E-state index contributed by atoms with van der Waals surface area (Å²) in [7, 11) is 0. The van der Waals surface area contributed by atoms with Crippen molar-refractivity contribution in [3.05, 3.63) is 11.1 Å². The van der Waals surface area contributed by atoms with Crippen molar-refractivity contribution in [2.75, 3.05) is 58.6 Å². The van der Waals surface area contributed by atoms with Crippen LogP contribution in [-0.2, 0) is 6.54 Å². The van der Waals surface area contributed by atoms with E-state index in [9.17, 15) is 0 Å². The molecule has 2 unspecified atom stereocenters. The fourth-order valence-corrected chi connectivity index (χ4v) is 5.88. The summed E-state index contributed by atoms with van der Waals surface area (Å²) >= 11 is 1.57. The third kappa shape index (κ3) is 1.67. The SMILES string of the molecule is Nc1nc(C[N+]23CN4CN5CN(CC(C5)(C4)C2)C3)cs1. The molecule has 7 heteroatoms. The molecule has 20 heavy (non-hydrogen) atoms. The minimum Gasteiger partial charge on any atom is -0.375 e. The van der Waals surface area contributed by atoms with Gasteiger partial charge in [-0.2, -0.15) is 0 Å². The van der Waals surface area contributed by atoms with Crippen LogP contribution in [0.1, 0.15) is 5.69 Å². The highest BCUT2D eigenvalue weighted by atomic mass is 32.1. The van der Waals surface area contributed by atoms with E-state index < -0.39 is 0 Å². The molecule has 2 atom stereocenters. The van der Waals surface area contributed by atoms with Crippen LogP contribution in [-0.4, -0.2) is 77.0 Å². The Labute approximate surface area is 123 Å². The van der Waals surface area contributed by atoms with Crippen molar-refractivity contribution in [2.45, 2.75) is 6.54 Å². The van der Waals surface area contributed by atoms with Crippen LogP contribution in [0.5, 0.6) is 0 Å². The molecule has 0 radical (unpaired) electrons. The number of thiazole rings is 1. The van der Waals surface area contributed by atoms with Crippen molar-refractivity contribution >= 4 is 16.5 Å². The first-order chi connectivity index (χ1) is 9.62. The highest BCUT2D eigenvalue weighted by Gasteiger charge is 2.59. The smallest absolute Gasteiger partial charge is 0.180 e. The first kappa shape index (κ1) is 11.9. The molecule has 1 aromatic heterocycles. The number of nitrogens with two attached hydrogens (primary N) is 1. The maximum Gasteiger partial charge on any atom is 0.180 e. The van der Waals surface area contributed by atoms with Gasteiger partial charge in [0.15, 0.2) is 5.13 Å². The maximum atomic E-state index is 5.81. The summed E-state index contributed by atoms with van der Waals surface area (Å²) in [6, 6.07) is 0. The largest absolute Gasteiger partial charge is 0.375 e. The van der Waals surface area contributed by atoms with E-state index in [2.05, 4.69) is 25.1 Å². The van der Waals surface area contributed by atoms with Crippen molar-refractivity contribution in [2.24, 2.45) is 5.41 Å². The van der Waals surface area contributed by atoms with E-state index in [1.54, 1.807) is 11.3 Å². The monoisotopic (exact) mass is 293 g/mol. The molecule has 4 aliphatic heterocycles. The van der Waals surface area contributed by atoms with Crippen LogP contribution in [0.2, 0.25) is 0 Å². The zero-order chi connectivity index (χ0) is 13.4. The lowest BCUT2D eigenvalue weighted by Gasteiger charge is -2.66. The Morgan fingerprint density at radius 1 is 1.20 bits per heavy atom. The Morgan fingerprint density at radius 3 is 2.55 bits per heavy atom. The lowest BCUT2D eigenvalue weighted by molar-refractivity contribution is -0.981. The van der Waals surface area contributed by atoms with Gasteiger partial charge in [0.05, 0.1) is 25.3 Å². The van der Waals surface area contributed by atoms with Crippen LogP contribution in [0.4, 0.5) is 5.13 Å². The molecule has 0 aromatic carbocycles. The van der Waals surface area contributed by atoms with Gasteiger partial charge in [-0.05, 0) is 0 Å². The summed E-state index contributed by atoms with van der Waals surface area (Å²) in [6.45, 7) is 10.9. The van der Waals surface area contributed by atoms with Crippen LogP contribution in [0.15, 0.2) is 5.38 Å². The van der Waals surface area contributed by atoms with Gasteiger partial charge in [0, 0.05) is 25.0 Å². The maximum absolute atomic E-state index is 5.81. The zero-order valence-electron chi connectivity index (χ0n) is 11.7. The molecule has 4 aliphatic rings. The van der Waals surface area contributed by atoms with Crippen molar-refractivity contribution < 1.29 is 4.48 Å². The standard InChI is InChI=1S/C13H21N6S/c14-12-15-11(2-20-12)1-19-6-13-3-16(7-17(4-13)9-19)8-18(5-13)10-19/h2H,1,3-10H2,(H2,14,15)/q+1. The van der Waals surface area contributed by atoms with Crippen molar-refractivity contribution in [3.63, 3.8) is 0 Å². The third-order valence-corrected chi connectivity index (χ3v) is 5.94. The predicted octanol–water partition coefficient (Wildman–Crippen LogP) is -0.181. The Bertz CT molecular complexity index is 533. The highest BCUT2D eigenvalue weighted by molar-refractivity contribution is 7.13. The van der Waals surface area contributed by atoms with E-state index in [0.29, 0.717) is 10.5 Å². The molecule has 2 N–H and O–H groups in total. The zero-order valence-corrected chi connectivity index (χ0v) is 12.5. The van der Waals surface area contributed by atoms with E-state index in [4.69, 9.17) is 5.73 Å². The van der Waals surface area contributed by atoms with E-state index in [0.717, 1.165) is 24.4 Å². The molecule has 5 heterocycles. The fraction of sp³-hybridized carbons (Fsp3) is 0.769. The molecule has 1 spiro atoms. The number of hydrogen-bond acceptors (Lipinski definition) is 6. The minimum absolute atomic E-state index is 0.495. The van der Waals surface area contributed by atoms with Gasteiger partial charge in [0.25, 0.3) is 0 Å². The van der Waals surface area contributed by atoms with E-state index in [-0.39, 0.29) is 0 Å². The lowest BCUT2D eigenvalue weighted by atomic mass is 9.78. The molecule has 0 aliphatic carbocycles. The molecule has 5 rings (SSSR count). The van der Waals surface area contributed by atoms with Crippen LogP contribution in [0.25, 0.3) is 0 Å². The predicted molar refractivity (Wildman–Crippen MR) is 77.4 cm³/mol. The Kier molecular flexibility index (Phi) is 2.21. The Hall–Kier alpha value is -0.730. The van der Waals surface area contributed by atoms with Gasteiger partial charge < -0.3 is 5.73 Å². The Balaban J connectivity index is 1.51. The van der Waals surface area contributed by atoms with Gasteiger partial charge in [-0.15, -0.1) is 11.3 Å². The van der Waals surface area contributed by atoms with Gasteiger partial charge in [-0.25, -0.2) is 14.8 Å². The molecule has 4 fully saturated rings. The lowest BCUT2D eigenvalue weighted by Crippen LogP contribution is -2.82. The molecule has 0 saturated carbocycles. The summed E-state index contributed by atoms with van der Waals surface area (Å²) < 4.78 is 1.16. The van der Waals surface area contributed by atoms with Crippen LogP contribution >= 0.6 is 11.3 Å². The number of rotatable bonds is 2. The second kappa shape index (κ2) is 3.72. The fourth-order valence-electron chi connectivity index (χ4n) is 5.32. The van der Waals surface area contributed by atoms with Crippen LogP contribution < -0.4 is 5.73 Å². The average molecular weight is 293 g/mol. The van der Waals surface area contributed by atoms with Crippen LogP contribution in [0.3, 0.4) is 0 Å². The third-order valence-electron chi connectivity index (χ3n) is 5.21. The molecular weight excluding hydrogens is 272 g/mol. The second-order valence-corrected chi connectivity index (χ2v) is 8.28. The number of hydrogen-bond donors (Lipinski definition) is 1. The van der Waals surface area contributed by atoms with Crippen molar-refractivity contribution in [3.8, 4) is 0 Å². The number of aromatic nitrogens is 1. The average Bonchev–Trinajstić information content (AvgIpc) is 2.69. The summed E-state index contributed by atoms with van der Waals surface area (Å²) in [6.07, 6.45) is 0.